The zero-order valence-corrected chi connectivity index (χ0v) is 14.2. The molecule has 5 heteroatoms. The molecule has 4 rings (SSSR count). The molecule has 3 aromatic rings. The molecule has 0 bridgehead atoms. The van der Waals surface area contributed by atoms with Crippen LogP contribution in [-0.4, -0.2) is 27.3 Å². The van der Waals surface area contributed by atoms with Crippen LogP contribution in [0.15, 0.2) is 36.4 Å². The Labute approximate surface area is 141 Å². The van der Waals surface area contributed by atoms with E-state index in [0.717, 1.165) is 28.0 Å². The molecule has 0 aliphatic carbocycles. The monoisotopic (exact) mass is 321 g/mol. The Hall–Kier alpha value is -2.56. The third-order valence-corrected chi connectivity index (χ3v) is 5.09. The fourth-order valence-electron chi connectivity index (χ4n) is 3.89. The maximum Gasteiger partial charge on any atom is 0.160 e. The minimum absolute atomic E-state index is 0.489. The largest absolute Gasteiger partial charge is 0.382 e. The fraction of sp³-hybridized carbons (Fsp3) is 0.368. The molecule has 5 nitrogen and oxygen atoms in total. The zero-order chi connectivity index (χ0) is 16.7. The molecule has 0 radical (unpaired) electrons. The molecule has 0 spiro atoms. The summed E-state index contributed by atoms with van der Waals surface area (Å²) in [7, 11) is 0. The summed E-state index contributed by atoms with van der Waals surface area (Å²) in [6.07, 6.45) is 3.69. The lowest BCUT2D eigenvalue weighted by atomic mass is 9.96. The van der Waals surface area contributed by atoms with Crippen LogP contribution in [0, 0.1) is 0 Å². The van der Waals surface area contributed by atoms with E-state index in [9.17, 15) is 0 Å². The second-order valence-corrected chi connectivity index (χ2v) is 6.76. The highest BCUT2D eigenvalue weighted by atomic mass is 15.3. The van der Waals surface area contributed by atoms with Crippen molar-refractivity contribution in [1.29, 1.82) is 0 Å². The number of nitrogen functional groups attached to an aromatic ring is 1. The standard InChI is InChI=1S/C19H23N5/c1-12-7-6-8-13(2)24(12)16-11-15(14-9-4-3-5-10-14)17-18(20)22-23-19(17)21-16/h3-5,9-13H,6-8H2,1-2H3,(H3,20,21,22,23). The first-order valence-electron chi connectivity index (χ1n) is 8.63. The number of fused-ring (bicyclic) bond motifs is 1. The molecule has 1 saturated heterocycles. The van der Waals surface area contributed by atoms with Gasteiger partial charge in [0.05, 0.1) is 5.39 Å². The fourth-order valence-corrected chi connectivity index (χ4v) is 3.89. The third kappa shape index (κ3) is 2.40. The highest BCUT2D eigenvalue weighted by Gasteiger charge is 2.27. The Morgan fingerprint density at radius 1 is 1.12 bits per heavy atom. The van der Waals surface area contributed by atoms with Crippen molar-refractivity contribution < 1.29 is 0 Å². The van der Waals surface area contributed by atoms with E-state index in [1.54, 1.807) is 0 Å². The van der Waals surface area contributed by atoms with Crippen molar-refractivity contribution in [2.24, 2.45) is 0 Å². The quantitative estimate of drug-likeness (QED) is 0.749. The number of pyridine rings is 1. The number of aromatic nitrogens is 3. The summed E-state index contributed by atoms with van der Waals surface area (Å²) in [5.41, 5.74) is 9.09. The van der Waals surface area contributed by atoms with Gasteiger partial charge in [-0.15, -0.1) is 0 Å². The van der Waals surface area contributed by atoms with Crippen molar-refractivity contribution in [1.82, 2.24) is 15.2 Å². The first-order valence-corrected chi connectivity index (χ1v) is 8.63. The molecule has 3 heterocycles. The third-order valence-electron chi connectivity index (χ3n) is 5.09. The maximum atomic E-state index is 6.10. The number of benzene rings is 1. The molecule has 1 aromatic carbocycles. The van der Waals surface area contributed by atoms with E-state index < -0.39 is 0 Å². The van der Waals surface area contributed by atoms with Gasteiger partial charge in [-0.3, -0.25) is 5.10 Å². The molecule has 124 valence electrons. The molecule has 1 aliphatic rings. The van der Waals surface area contributed by atoms with Crippen LogP contribution in [-0.2, 0) is 0 Å². The number of H-pyrrole nitrogens is 1. The van der Waals surface area contributed by atoms with Crippen LogP contribution in [0.2, 0.25) is 0 Å². The summed E-state index contributed by atoms with van der Waals surface area (Å²) >= 11 is 0. The Bertz CT molecular complexity index is 845. The number of aromatic amines is 1. The molecule has 1 fully saturated rings. The van der Waals surface area contributed by atoms with Gasteiger partial charge in [0.2, 0.25) is 0 Å². The predicted molar refractivity (Wildman–Crippen MR) is 99.0 cm³/mol. The molecule has 24 heavy (non-hydrogen) atoms. The van der Waals surface area contributed by atoms with Crippen LogP contribution in [0.4, 0.5) is 11.6 Å². The van der Waals surface area contributed by atoms with Gasteiger partial charge in [0.1, 0.15) is 5.82 Å². The van der Waals surface area contributed by atoms with Crippen molar-refractivity contribution in [3.8, 4) is 11.1 Å². The van der Waals surface area contributed by atoms with E-state index in [1.807, 2.05) is 18.2 Å². The van der Waals surface area contributed by atoms with Crippen molar-refractivity contribution in [2.45, 2.75) is 45.2 Å². The van der Waals surface area contributed by atoms with Crippen LogP contribution in [0.5, 0.6) is 0 Å². The number of piperidine rings is 1. The summed E-state index contributed by atoms with van der Waals surface area (Å²) in [6, 6.07) is 13.5. The summed E-state index contributed by atoms with van der Waals surface area (Å²) in [5, 5.41) is 8.08. The van der Waals surface area contributed by atoms with E-state index in [1.165, 1.54) is 19.3 Å². The number of nitrogens with one attached hydrogen (secondary N) is 1. The molecule has 2 unspecified atom stereocenters. The Kier molecular flexibility index (Phi) is 3.63. The van der Waals surface area contributed by atoms with Crippen LogP contribution in [0.25, 0.3) is 22.2 Å². The highest BCUT2D eigenvalue weighted by Crippen LogP contribution is 2.36. The van der Waals surface area contributed by atoms with Crippen LogP contribution >= 0.6 is 0 Å². The van der Waals surface area contributed by atoms with Gasteiger partial charge in [-0.1, -0.05) is 30.3 Å². The number of rotatable bonds is 2. The molecular formula is C19H23N5. The van der Waals surface area contributed by atoms with Crippen LogP contribution in [0.3, 0.4) is 0 Å². The molecular weight excluding hydrogens is 298 g/mol. The smallest absolute Gasteiger partial charge is 0.160 e. The van der Waals surface area contributed by atoms with Gasteiger partial charge in [0, 0.05) is 17.6 Å². The average molecular weight is 321 g/mol. The van der Waals surface area contributed by atoms with Crippen molar-refractivity contribution >= 4 is 22.7 Å². The van der Waals surface area contributed by atoms with Crippen molar-refractivity contribution in [3.63, 3.8) is 0 Å². The molecule has 2 atom stereocenters. The second-order valence-electron chi connectivity index (χ2n) is 6.76. The lowest BCUT2D eigenvalue weighted by Gasteiger charge is -2.40. The predicted octanol–water partition coefficient (Wildman–Crippen LogP) is 3.97. The molecule has 0 amide bonds. The van der Waals surface area contributed by atoms with E-state index in [4.69, 9.17) is 10.7 Å². The van der Waals surface area contributed by atoms with Crippen molar-refractivity contribution in [3.05, 3.63) is 36.4 Å². The first-order chi connectivity index (χ1) is 11.6. The number of hydrogen-bond acceptors (Lipinski definition) is 4. The highest BCUT2D eigenvalue weighted by molar-refractivity contribution is 6.01. The van der Waals surface area contributed by atoms with Gasteiger partial charge in [0.15, 0.2) is 11.5 Å². The SMILES string of the molecule is CC1CCCC(C)N1c1cc(-c2ccccc2)c2c(N)n[nH]c2n1. The Morgan fingerprint density at radius 2 is 1.83 bits per heavy atom. The van der Waals surface area contributed by atoms with Crippen LogP contribution in [0.1, 0.15) is 33.1 Å². The van der Waals surface area contributed by atoms with Gasteiger partial charge in [-0.2, -0.15) is 5.10 Å². The van der Waals surface area contributed by atoms with Crippen LogP contribution < -0.4 is 10.6 Å². The lowest BCUT2D eigenvalue weighted by Crippen LogP contribution is -2.44. The maximum absolute atomic E-state index is 6.10. The minimum Gasteiger partial charge on any atom is -0.382 e. The Morgan fingerprint density at radius 3 is 2.54 bits per heavy atom. The summed E-state index contributed by atoms with van der Waals surface area (Å²) in [4.78, 5) is 7.27. The number of anilines is 2. The molecule has 0 saturated carbocycles. The topological polar surface area (TPSA) is 70.8 Å². The lowest BCUT2D eigenvalue weighted by molar-refractivity contribution is 0.411. The van der Waals surface area contributed by atoms with Crippen molar-refractivity contribution in [2.75, 3.05) is 10.6 Å². The van der Waals surface area contributed by atoms with E-state index in [-0.39, 0.29) is 0 Å². The zero-order valence-electron chi connectivity index (χ0n) is 14.2. The van der Waals surface area contributed by atoms with Gasteiger partial charge in [0.25, 0.3) is 0 Å². The Balaban J connectivity index is 1.92. The number of hydrogen-bond donors (Lipinski definition) is 2. The normalized spacial score (nSPS) is 21.3. The number of nitrogens with two attached hydrogens (primary N) is 1. The summed E-state index contributed by atoms with van der Waals surface area (Å²) in [6.45, 7) is 4.57. The molecule has 1 aliphatic heterocycles. The first kappa shape index (κ1) is 15.0. The van der Waals surface area contributed by atoms with Gasteiger partial charge < -0.3 is 10.6 Å². The summed E-state index contributed by atoms with van der Waals surface area (Å²) in [5.74, 6) is 1.51. The number of nitrogens with zero attached hydrogens (tertiary/aromatic N) is 3. The summed E-state index contributed by atoms with van der Waals surface area (Å²) < 4.78 is 0. The van der Waals surface area contributed by atoms with Gasteiger partial charge in [-0.25, -0.2) is 4.98 Å². The average Bonchev–Trinajstić information content (AvgIpc) is 2.96. The van der Waals surface area contributed by atoms with E-state index >= 15 is 0 Å². The van der Waals surface area contributed by atoms with Gasteiger partial charge in [-0.05, 0) is 44.7 Å². The minimum atomic E-state index is 0.489. The second kappa shape index (κ2) is 5.82. The van der Waals surface area contributed by atoms with E-state index in [2.05, 4.69) is 47.1 Å². The van der Waals surface area contributed by atoms with E-state index in [0.29, 0.717) is 17.9 Å². The van der Waals surface area contributed by atoms with Gasteiger partial charge >= 0.3 is 0 Å². The molecule has 2 aromatic heterocycles. The molecule has 3 N–H and O–H groups in total.